The Labute approximate surface area is 160 Å². The van der Waals surface area contributed by atoms with E-state index in [1.165, 1.54) is 4.88 Å². The summed E-state index contributed by atoms with van der Waals surface area (Å²) < 4.78 is 1.13. The molecule has 4 nitrogen and oxygen atoms in total. The van der Waals surface area contributed by atoms with E-state index >= 15 is 0 Å². The number of rotatable bonds is 8. The van der Waals surface area contributed by atoms with Gasteiger partial charge in [-0.05, 0) is 71.4 Å². The maximum Gasteiger partial charge on any atom is 0.227 e. The van der Waals surface area contributed by atoms with Gasteiger partial charge in [0.25, 0.3) is 0 Å². The Morgan fingerprint density at radius 3 is 2.52 bits per heavy atom. The lowest BCUT2D eigenvalue weighted by Gasteiger charge is -2.07. The Balaban J connectivity index is 1.35. The molecule has 1 fully saturated rings. The highest BCUT2D eigenvalue weighted by atomic mass is 79.9. The highest BCUT2D eigenvalue weighted by molar-refractivity contribution is 9.11. The van der Waals surface area contributed by atoms with Crippen LogP contribution in [0.25, 0.3) is 0 Å². The fourth-order valence-electron chi connectivity index (χ4n) is 2.49. The Morgan fingerprint density at radius 1 is 1.12 bits per heavy atom. The van der Waals surface area contributed by atoms with E-state index < -0.39 is 0 Å². The summed E-state index contributed by atoms with van der Waals surface area (Å²) >= 11 is 5.16. The maximum atomic E-state index is 11.9. The molecule has 6 heteroatoms. The molecule has 0 aliphatic heterocycles. The van der Waals surface area contributed by atoms with Crippen molar-refractivity contribution in [2.24, 2.45) is 5.92 Å². The summed E-state index contributed by atoms with van der Waals surface area (Å²) in [5, 5.41) is 5.86. The van der Waals surface area contributed by atoms with Crippen molar-refractivity contribution in [1.29, 1.82) is 0 Å². The number of amides is 2. The number of carbonyl (C=O) groups is 2. The highest BCUT2D eigenvalue weighted by Gasteiger charge is 2.29. The van der Waals surface area contributed by atoms with E-state index in [0.717, 1.165) is 40.7 Å². The van der Waals surface area contributed by atoms with Crippen molar-refractivity contribution in [2.45, 2.75) is 38.6 Å². The van der Waals surface area contributed by atoms with Gasteiger partial charge >= 0.3 is 0 Å². The molecule has 3 rings (SSSR count). The van der Waals surface area contributed by atoms with Gasteiger partial charge in [-0.1, -0.05) is 12.1 Å². The standard InChI is InChI=1S/C19H21BrN2O2S/c20-17-11-10-16(25-17)2-1-3-18(23)21-12-13-4-8-15(9-5-13)22-19(24)14-6-7-14/h4-5,8-11,14H,1-3,6-7,12H2,(H,21,23)(H,22,24). The number of anilines is 1. The SMILES string of the molecule is O=C(CCCc1ccc(Br)s1)NCc1ccc(NC(=O)C2CC2)cc1. The van der Waals surface area contributed by atoms with Crippen LogP contribution >= 0.6 is 27.3 Å². The second-order valence-electron chi connectivity index (χ2n) is 6.30. The predicted octanol–water partition coefficient (Wildman–Crippen LogP) is 4.50. The third-order valence-electron chi connectivity index (χ3n) is 4.12. The van der Waals surface area contributed by atoms with Crippen LogP contribution in [-0.4, -0.2) is 11.8 Å². The summed E-state index contributed by atoms with van der Waals surface area (Å²) in [6.45, 7) is 0.514. The molecule has 0 radical (unpaired) electrons. The van der Waals surface area contributed by atoms with Crippen LogP contribution in [0.4, 0.5) is 5.69 Å². The van der Waals surface area contributed by atoms with E-state index in [0.29, 0.717) is 13.0 Å². The first-order valence-corrected chi connectivity index (χ1v) is 10.1. The summed E-state index contributed by atoms with van der Waals surface area (Å²) in [5.41, 5.74) is 1.84. The zero-order valence-corrected chi connectivity index (χ0v) is 16.3. The van der Waals surface area contributed by atoms with Crippen molar-refractivity contribution in [3.05, 3.63) is 50.6 Å². The van der Waals surface area contributed by atoms with Gasteiger partial charge in [-0.25, -0.2) is 0 Å². The van der Waals surface area contributed by atoms with E-state index in [1.54, 1.807) is 11.3 Å². The average Bonchev–Trinajstić information content (AvgIpc) is 3.37. The molecule has 132 valence electrons. The Morgan fingerprint density at radius 2 is 1.88 bits per heavy atom. The molecular weight excluding hydrogens is 400 g/mol. The Bertz CT molecular complexity index is 738. The minimum absolute atomic E-state index is 0.0711. The smallest absolute Gasteiger partial charge is 0.227 e. The van der Waals surface area contributed by atoms with E-state index in [2.05, 4.69) is 32.6 Å². The first kappa shape index (κ1) is 18.1. The van der Waals surface area contributed by atoms with Crippen molar-refractivity contribution >= 4 is 44.8 Å². The van der Waals surface area contributed by atoms with Crippen LogP contribution in [0, 0.1) is 5.92 Å². The number of nitrogens with one attached hydrogen (secondary N) is 2. The zero-order valence-electron chi connectivity index (χ0n) is 13.9. The minimum atomic E-state index is 0.0711. The van der Waals surface area contributed by atoms with Gasteiger partial charge in [0, 0.05) is 29.4 Å². The van der Waals surface area contributed by atoms with Crippen LogP contribution in [0.2, 0.25) is 0 Å². The number of benzene rings is 1. The number of carbonyl (C=O) groups excluding carboxylic acids is 2. The third kappa shape index (κ3) is 5.97. The zero-order chi connectivity index (χ0) is 17.6. The van der Waals surface area contributed by atoms with Crippen LogP contribution in [-0.2, 0) is 22.6 Å². The first-order valence-electron chi connectivity index (χ1n) is 8.51. The van der Waals surface area contributed by atoms with Crippen LogP contribution in [0.1, 0.15) is 36.1 Å². The molecule has 25 heavy (non-hydrogen) atoms. The second kappa shape index (κ2) is 8.63. The quantitative estimate of drug-likeness (QED) is 0.660. The first-order chi connectivity index (χ1) is 12.1. The number of hydrogen-bond donors (Lipinski definition) is 2. The molecule has 1 aromatic carbocycles. The van der Waals surface area contributed by atoms with Gasteiger partial charge in [0.2, 0.25) is 11.8 Å². The summed E-state index contributed by atoms with van der Waals surface area (Å²) in [6.07, 6.45) is 4.31. The Kier molecular flexibility index (Phi) is 6.26. The summed E-state index contributed by atoms with van der Waals surface area (Å²) in [5.74, 6) is 0.384. The van der Waals surface area contributed by atoms with E-state index in [4.69, 9.17) is 0 Å². The van der Waals surface area contributed by atoms with Crippen molar-refractivity contribution in [3.63, 3.8) is 0 Å². The summed E-state index contributed by atoms with van der Waals surface area (Å²) in [6, 6.07) is 11.8. The lowest BCUT2D eigenvalue weighted by atomic mass is 10.2. The van der Waals surface area contributed by atoms with E-state index in [9.17, 15) is 9.59 Å². The van der Waals surface area contributed by atoms with Crippen LogP contribution in [0.5, 0.6) is 0 Å². The van der Waals surface area contributed by atoms with Gasteiger partial charge in [0.05, 0.1) is 3.79 Å². The molecule has 0 saturated heterocycles. The molecule has 2 aromatic rings. The van der Waals surface area contributed by atoms with Gasteiger partial charge in [0.15, 0.2) is 0 Å². The minimum Gasteiger partial charge on any atom is -0.352 e. The molecule has 1 heterocycles. The van der Waals surface area contributed by atoms with Crippen molar-refractivity contribution in [1.82, 2.24) is 5.32 Å². The van der Waals surface area contributed by atoms with Gasteiger partial charge in [0.1, 0.15) is 0 Å². The van der Waals surface area contributed by atoms with Gasteiger partial charge in [-0.15, -0.1) is 11.3 Å². The van der Waals surface area contributed by atoms with Crippen LogP contribution in [0.15, 0.2) is 40.2 Å². The van der Waals surface area contributed by atoms with E-state index in [1.807, 2.05) is 30.3 Å². The normalized spacial score (nSPS) is 13.5. The fourth-order valence-corrected chi connectivity index (χ4v) is 4.02. The molecule has 1 aliphatic carbocycles. The monoisotopic (exact) mass is 420 g/mol. The molecule has 0 unspecified atom stereocenters. The molecule has 0 atom stereocenters. The number of hydrogen-bond acceptors (Lipinski definition) is 3. The molecule has 0 bridgehead atoms. The highest BCUT2D eigenvalue weighted by Crippen LogP contribution is 2.30. The van der Waals surface area contributed by atoms with Gasteiger partial charge in [-0.2, -0.15) is 0 Å². The maximum absolute atomic E-state index is 11.9. The molecule has 2 amide bonds. The largest absolute Gasteiger partial charge is 0.352 e. The lowest BCUT2D eigenvalue weighted by molar-refractivity contribution is -0.121. The topological polar surface area (TPSA) is 58.2 Å². The molecule has 1 aliphatic rings. The molecule has 2 N–H and O–H groups in total. The Hall–Kier alpha value is -1.66. The van der Waals surface area contributed by atoms with Crippen LogP contribution in [0.3, 0.4) is 0 Å². The molecule has 1 saturated carbocycles. The van der Waals surface area contributed by atoms with E-state index in [-0.39, 0.29) is 17.7 Å². The number of halogens is 1. The van der Waals surface area contributed by atoms with Crippen molar-refractivity contribution < 1.29 is 9.59 Å². The number of aryl methyl sites for hydroxylation is 1. The number of thiophene rings is 1. The average molecular weight is 421 g/mol. The second-order valence-corrected chi connectivity index (χ2v) is 8.84. The van der Waals surface area contributed by atoms with Crippen LogP contribution < -0.4 is 10.6 Å². The molecule has 1 aromatic heterocycles. The predicted molar refractivity (Wildman–Crippen MR) is 105 cm³/mol. The molecule has 0 spiro atoms. The molecular formula is C19H21BrN2O2S. The third-order valence-corrected chi connectivity index (χ3v) is 5.80. The summed E-state index contributed by atoms with van der Waals surface area (Å²) in [4.78, 5) is 24.9. The fraction of sp³-hybridized carbons (Fsp3) is 0.368. The van der Waals surface area contributed by atoms with Gasteiger partial charge in [-0.3, -0.25) is 9.59 Å². The van der Waals surface area contributed by atoms with Crippen molar-refractivity contribution in [3.8, 4) is 0 Å². The van der Waals surface area contributed by atoms with Crippen molar-refractivity contribution in [2.75, 3.05) is 5.32 Å². The van der Waals surface area contributed by atoms with Gasteiger partial charge < -0.3 is 10.6 Å². The lowest BCUT2D eigenvalue weighted by Crippen LogP contribution is -2.22. The summed E-state index contributed by atoms with van der Waals surface area (Å²) in [7, 11) is 0.